The first kappa shape index (κ1) is 15.6. The summed E-state index contributed by atoms with van der Waals surface area (Å²) in [6.07, 6.45) is 0. The van der Waals surface area contributed by atoms with Crippen LogP contribution in [0.4, 0.5) is 0 Å². The smallest absolute Gasteiger partial charge is 0.168 e. The van der Waals surface area contributed by atoms with Gasteiger partial charge in [-0.1, -0.05) is 18.2 Å². The summed E-state index contributed by atoms with van der Waals surface area (Å²) in [4.78, 5) is 7.86. The number of fused-ring (bicyclic) bond motifs is 1. The second-order valence-electron chi connectivity index (χ2n) is 5.89. The monoisotopic (exact) mass is 344 g/mol. The van der Waals surface area contributed by atoms with Gasteiger partial charge < -0.3 is 20.9 Å². The predicted molar refractivity (Wildman–Crippen MR) is 101 cm³/mol. The second-order valence-corrected chi connectivity index (χ2v) is 5.89. The zero-order valence-electron chi connectivity index (χ0n) is 13.7. The van der Waals surface area contributed by atoms with Crippen LogP contribution in [-0.4, -0.2) is 21.6 Å². The van der Waals surface area contributed by atoms with Crippen molar-refractivity contribution < 1.29 is 4.42 Å². The Morgan fingerprint density at radius 2 is 1.73 bits per heavy atom. The molecule has 0 atom stereocenters. The Hall–Kier alpha value is -3.87. The number of H-pyrrole nitrogens is 1. The minimum absolute atomic E-state index is 0.0177. The largest absolute Gasteiger partial charge is 0.453 e. The van der Waals surface area contributed by atoms with Crippen LogP contribution in [0.25, 0.3) is 33.7 Å². The molecule has 26 heavy (non-hydrogen) atoms. The molecule has 2 heterocycles. The summed E-state index contributed by atoms with van der Waals surface area (Å²) in [5.74, 6) is 1.59. The molecule has 0 fully saturated rings. The van der Waals surface area contributed by atoms with Crippen LogP contribution < -0.4 is 11.5 Å². The third kappa shape index (κ3) is 2.71. The Morgan fingerprint density at radius 3 is 2.46 bits per heavy atom. The summed E-state index contributed by atoms with van der Waals surface area (Å²) in [5.41, 5.74) is 15.0. The maximum absolute atomic E-state index is 7.55. The van der Waals surface area contributed by atoms with Crippen molar-refractivity contribution in [2.75, 3.05) is 0 Å². The van der Waals surface area contributed by atoms with E-state index >= 15 is 0 Å². The Balaban J connectivity index is 1.75. The summed E-state index contributed by atoms with van der Waals surface area (Å²) in [6.45, 7) is 0. The molecule has 2 aromatic heterocycles. The zero-order valence-corrected chi connectivity index (χ0v) is 13.7. The van der Waals surface area contributed by atoms with Crippen molar-refractivity contribution in [3.63, 3.8) is 0 Å². The molecule has 4 aromatic rings. The molecule has 2 aromatic carbocycles. The van der Waals surface area contributed by atoms with Gasteiger partial charge in [0.15, 0.2) is 11.6 Å². The van der Waals surface area contributed by atoms with Gasteiger partial charge in [-0.05, 0) is 36.4 Å². The molecule has 7 N–H and O–H groups in total. The fraction of sp³-hybridized carbons (Fsp3) is 0. The summed E-state index contributed by atoms with van der Waals surface area (Å²) in [6, 6.07) is 16.6. The van der Waals surface area contributed by atoms with Gasteiger partial charge in [0.1, 0.15) is 17.4 Å². The van der Waals surface area contributed by atoms with E-state index in [-0.39, 0.29) is 11.7 Å². The number of aromatic nitrogens is 2. The molecule has 7 heteroatoms. The van der Waals surface area contributed by atoms with Crippen LogP contribution in [0.5, 0.6) is 0 Å². The minimum Gasteiger partial charge on any atom is -0.453 e. The first-order valence-corrected chi connectivity index (χ1v) is 7.90. The standard InChI is InChI=1S/C19H16N6O/c20-17(21)11-4-5-13-14(9-11)25-19(24-13)12-3-1-2-10(8-12)15-6-7-16(26-15)18(22)23/h1-9H,(H3,20,21)(H3,22,23)(H,24,25). The number of imidazole rings is 1. The lowest BCUT2D eigenvalue weighted by Crippen LogP contribution is -2.10. The molecule has 4 rings (SSSR count). The molecule has 0 spiro atoms. The van der Waals surface area contributed by atoms with Crippen LogP contribution in [-0.2, 0) is 0 Å². The van der Waals surface area contributed by atoms with Gasteiger partial charge in [0.2, 0.25) is 0 Å². The van der Waals surface area contributed by atoms with E-state index in [2.05, 4.69) is 9.97 Å². The number of aromatic amines is 1. The molecule has 128 valence electrons. The number of benzene rings is 2. The minimum atomic E-state index is -0.106. The van der Waals surface area contributed by atoms with Gasteiger partial charge in [-0.2, -0.15) is 0 Å². The molecular weight excluding hydrogens is 328 g/mol. The maximum Gasteiger partial charge on any atom is 0.168 e. The molecule has 0 bridgehead atoms. The Kier molecular flexibility index (Phi) is 3.54. The van der Waals surface area contributed by atoms with Crippen LogP contribution in [0.2, 0.25) is 0 Å². The van der Waals surface area contributed by atoms with Crippen LogP contribution in [0, 0.1) is 10.8 Å². The van der Waals surface area contributed by atoms with Gasteiger partial charge in [-0.3, -0.25) is 10.8 Å². The van der Waals surface area contributed by atoms with Crippen LogP contribution >= 0.6 is 0 Å². The normalized spacial score (nSPS) is 10.9. The number of hydrogen-bond donors (Lipinski definition) is 5. The van der Waals surface area contributed by atoms with Crippen molar-refractivity contribution in [2.24, 2.45) is 11.5 Å². The topological polar surface area (TPSA) is 142 Å². The van der Waals surface area contributed by atoms with Crippen molar-refractivity contribution in [1.29, 1.82) is 10.8 Å². The Morgan fingerprint density at radius 1 is 0.923 bits per heavy atom. The second kappa shape index (κ2) is 5.89. The van der Waals surface area contributed by atoms with Gasteiger partial charge in [-0.25, -0.2) is 4.98 Å². The molecule has 0 amide bonds. The molecule has 0 radical (unpaired) electrons. The molecule has 0 saturated heterocycles. The van der Waals surface area contributed by atoms with Crippen LogP contribution in [0.1, 0.15) is 11.3 Å². The average Bonchev–Trinajstić information content (AvgIpc) is 3.28. The SMILES string of the molecule is N=C(N)c1ccc2nc(-c3cccc(-c4ccc(C(=N)N)o4)c3)[nH]c2c1. The van der Waals surface area contributed by atoms with Gasteiger partial charge in [0.05, 0.1) is 11.0 Å². The summed E-state index contributed by atoms with van der Waals surface area (Å²) in [7, 11) is 0. The van der Waals surface area contributed by atoms with Crippen molar-refractivity contribution in [3.8, 4) is 22.7 Å². The van der Waals surface area contributed by atoms with E-state index in [9.17, 15) is 0 Å². The third-order valence-electron chi connectivity index (χ3n) is 4.08. The Bertz CT molecular complexity index is 1150. The highest BCUT2D eigenvalue weighted by atomic mass is 16.3. The number of amidine groups is 2. The highest BCUT2D eigenvalue weighted by molar-refractivity contribution is 5.98. The Labute approximate surface area is 148 Å². The summed E-state index contributed by atoms with van der Waals surface area (Å²) >= 11 is 0. The average molecular weight is 344 g/mol. The zero-order chi connectivity index (χ0) is 18.3. The van der Waals surface area contributed by atoms with Crippen LogP contribution in [0.15, 0.2) is 59.0 Å². The van der Waals surface area contributed by atoms with E-state index in [0.29, 0.717) is 22.9 Å². The first-order chi connectivity index (χ1) is 12.5. The molecule has 7 nitrogen and oxygen atoms in total. The van der Waals surface area contributed by atoms with E-state index in [1.54, 1.807) is 18.2 Å². The quantitative estimate of drug-likeness (QED) is 0.286. The highest BCUT2D eigenvalue weighted by Gasteiger charge is 2.11. The lowest BCUT2D eigenvalue weighted by Gasteiger charge is -2.01. The predicted octanol–water partition coefficient (Wildman–Crippen LogP) is 3.06. The molecule has 0 aliphatic heterocycles. The van der Waals surface area contributed by atoms with Gasteiger partial charge in [-0.15, -0.1) is 0 Å². The van der Waals surface area contributed by atoms with Crippen molar-refractivity contribution in [3.05, 3.63) is 65.9 Å². The van der Waals surface area contributed by atoms with Crippen molar-refractivity contribution >= 4 is 22.7 Å². The first-order valence-electron chi connectivity index (χ1n) is 7.90. The lowest BCUT2D eigenvalue weighted by atomic mass is 10.1. The van der Waals surface area contributed by atoms with E-state index in [1.165, 1.54) is 0 Å². The number of nitrogen functional groups attached to an aromatic ring is 2. The highest BCUT2D eigenvalue weighted by Crippen LogP contribution is 2.27. The molecule has 0 aliphatic rings. The van der Waals surface area contributed by atoms with Gasteiger partial charge >= 0.3 is 0 Å². The number of nitrogens with one attached hydrogen (secondary N) is 3. The molecule has 0 aliphatic carbocycles. The number of nitrogens with two attached hydrogens (primary N) is 2. The fourth-order valence-electron chi connectivity index (χ4n) is 2.77. The van der Waals surface area contributed by atoms with E-state index < -0.39 is 0 Å². The number of furan rings is 1. The van der Waals surface area contributed by atoms with Crippen molar-refractivity contribution in [2.45, 2.75) is 0 Å². The van der Waals surface area contributed by atoms with Gasteiger partial charge in [0, 0.05) is 16.7 Å². The summed E-state index contributed by atoms with van der Waals surface area (Å²) < 4.78 is 5.61. The molecule has 0 unspecified atom stereocenters. The summed E-state index contributed by atoms with van der Waals surface area (Å²) in [5, 5.41) is 15.0. The van der Waals surface area contributed by atoms with E-state index in [1.807, 2.05) is 36.4 Å². The number of nitrogens with zero attached hydrogens (tertiary/aromatic N) is 1. The third-order valence-corrected chi connectivity index (χ3v) is 4.08. The lowest BCUT2D eigenvalue weighted by molar-refractivity contribution is 0.571. The van der Waals surface area contributed by atoms with E-state index in [4.69, 9.17) is 26.7 Å². The molecular formula is C19H16N6O. The fourth-order valence-corrected chi connectivity index (χ4v) is 2.77. The van der Waals surface area contributed by atoms with Crippen LogP contribution in [0.3, 0.4) is 0 Å². The van der Waals surface area contributed by atoms with E-state index in [0.717, 1.165) is 22.2 Å². The number of rotatable bonds is 4. The maximum atomic E-state index is 7.55. The van der Waals surface area contributed by atoms with Gasteiger partial charge in [0.25, 0.3) is 0 Å². The molecule has 0 saturated carbocycles. The van der Waals surface area contributed by atoms with Crippen molar-refractivity contribution in [1.82, 2.24) is 9.97 Å². The number of hydrogen-bond acceptors (Lipinski definition) is 4.